The van der Waals surface area contributed by atoms with Crippen molar-refractivity contribution in [2.75, 3.05) is 4.90 Å². The Kier molecular flexibility index (Phi) is 4.40. The SMILES string of the molecule is CC1Cc2ccccc2N1c1cncc(C(=O)NCc2ccccc2)c1. The van der Waals surface area contributed by atoms with Gasteiger partial charge < -0.3 is 10.2 Å². The van der Waals surface area contributed by atoms with Crippen LogP contribution in [-0.4, -0.2) is 16.9 Å². The van der Waals surface area contributed by atoms with E-state index in [1.807, 2.05) is 48.7 Å². The van der Waals surface area contributed by atoms with Crippen molar-refractivity contribution in [2.45, 2.75) is 25.9 Å². The monoisotopic (exact) mass is 343 g/mol. The summed E-state index contributed by atoms with van der Waals surface area (Å²) in [6.07, 6.45) is 4.45. The second-order valence-electron chi connectivity index (χ2n) is 6.65. The molecule has 0 spiro atoms. The molecule has 4 nitrogen and oxygen atoms in total. The Morgan fingerprint density at radius 1 is 1.12 bits per heavy atom. The Bertz CT molecular complexity index is 923. The van der Waals surface area contributed by atoms with Crippen LogP contribution in [0.15, 0.2) is 73.1 Å². The lowest BCUT2D eigenvalue weighted by atomic mass is 10.1. The molecule has 26 heavy (non-hydrogen) atoms. The van der Waals surface area contributed by atoms with Crippen molar-refractivity contribution in [1.82, 2.24) is 10.3 Å². The number of pyridine rings is 1. The molecule has 0 saturated heterocycles. The summed E-state index contributed by atoms with van der Waals surface area (Å²) < 4.78 is 0. The first-order chi connectivity index (χ1) is 12.7. The molecule has 0 fully saturated rings. The van der Waals surface area contributed by atoms with Crippen LogP contribution in [0.3, 0.4) is 0 Å². The van der Waals surface area contributed by atoms with Gasteiger partial charge in [-0.2, -0.15) is 0 Å². The van der Waals surface area contributed by atoms with Crippen LogP contribution in [0.25, 0.3) is 0 Å². The van der Waals surface area contributed by atoms with Crippen LogP contribution >= 0.6 is 0 Å². The molecular weight excluding hydrogens is 322 g/mol. The molecule has 1 aromatic heterocycles. The predicted molar refractivity (Wildman–Crippen MR) is 104 cm³/mol. The molecule has 2 aromatic carbocycles. The predicted octanol–water partition coefficient (Wildman–Crippen LogP) is 4.09. The summed E-state index contributed by atoms with van der Waals surface area (Å²) in [7, 11) is 0. The van der Waals surface area contributed by atoms with Gasteiger partial charge >= 0.3 is 0 Å². The van der Waals surface area contributed by atoms with E-state index in [1.54, 1.807) is 6.20 Å². The number of amides is 1. The van der Waals surface area contributed by atoms with Crippen molar-refractivity contribution in [3.05, 3.63) is 89.7 Å². The van der Waals surface area contributed by atoms with Gasteiger partial charge in [-0.25, -0.2) is 0 Å². The number of carbonyl (C=O) groups is 1. The molecule has 2 heterocycles. The molecular formula is C22H21N3O. The molecule has 1 amide bonds. The Balaban J connectivity index is 1.54. The zero-order chi connectivity index (χ0) is 17.9. The summed E-state index contributed by atoms with van der Waals surface area (Å²) in [4.78, 5) is 19.1. The number of rotatable bonds is 4. The molecule has 0 saturated carbocycles. The zero-order valence-corrected chi connectivity index (χ0v) is 14.7. The average Bonchev–Trinajstić information content (AvgIpc) is 3.02. The number of aromatic nitrogens is 1. The Hall–Kier alpha value is -3.14. The Labute approximate surface area is 153 Å². The van der Waals surface area contributed by atoms with Crippen LogP contribution in [0.1, 0.15) is 28.4 Å². The number of nitrogens with one attached hydrogen (secondary N) is 1. The smallest absolute Gasteiger partial charge is 0.253 e. The van der Waals surface area contributed by atoms with Crippen LogP contribution in [0.2, 0.25) is 0 Å². The van der Waals surface area contributed by atoms with Crippen LogP contribution in [0.4, 0.5) is 11.4 Å². The summed E-state index contributed by atoms with van der Waals surface area (Å²) in [6, 6.07) is 20.6. The minimum atomic E-state index is -0.108. The first-order valence-corrected chi connectivity index (χ1v) is 8.86. The number of hydrogen-bond acceptors (Lipinski definition) is 3. The number of fused-ring (bicyclic) bond motifs is 1. The second-order valence-corrected chi connectivity index (χ2v) is 6.65. The molecule has 130 valence electrons. The van der Waals surface area contributed by atoms with Crippen LogP contribution in [0.5, 0.6) is 0 Å². The van der Waals surface area contributed by atoms with E-state index in [0.29, 0.717) is 18.2 Å². The average molecular weight is 343 g/mol. The fourth-order valence-corrected chi connectivity index (χ4v) is 3.52. The molecule has 0 bridgehead atoms. The first-order valence-electron chi connectivity index (χ1n) is 8.86. The normalized spacial score (nSPS) is 15.6. The lowest BCUT2D eigenvalue weighted by molar-refractivity contribution is 0.0950. The van der Waals surface area contributed by atoms with E-state index in [-0.39, 0.29) is 5.91 Å². The number of para-hydroxylation sites is 1. The molecule has 1 N–H and O–H groups in total. The molecule has 4 rings (SSSR count). The number of benzene rings is 2. The summed E-state index contributed by atoms with van der Waals surface area (Å²) in [5.74, 6) is -0.108. The van der Waals surface area contributed by atoms with Crippen molar-refractivity contribution in [2.24, 2.45) is 0 Å². The summed E-state index contributed by atoms with van der Waals surface area (Å²) in [5.41, 5.74) is 5.14. The third-order valence-electron chi connectivity index (χ3n) is 4.77. The topological polar surface area (TPSA) is 45.2 Å². The Morgan fingerprint density at radius 2 is 1.88 bits per heavy atom. The highest BCUT2D eigenvalue weighted by atomic mass is 16.1. The minimum Gasteiger partial charge on any atom is -0.348 e. The highest BCUT2D eigenvalue weighted by Gasteiger charge is 2.27. The fourth-order valence-electron chi connectivity index (χ4n) is 3.52. The number of anilines is 2. The van der Waals surface area contributed by atoms with Gasteiger partial charge in [-0.1, -0.05) is 48.5 Å². The molecule has 0 aliphatic carbocycles. The number of nitrogens with zero attached hydrogens (tertiary/aromatic N) is 2. The maximum Gasteiger partial charge on any atom is 0.253 e. The van der Waals surface area contributed by atoms with Gasteiger partial charge in [-0.05, 0) is 36.6 Å². The summed E-state index contributed by atoms with van der Waals surface area (Å²) in [5, 5.41) is 2.97. The van der Waals surface area contributed by atoms with Gasteiger partial charge in [0.05, 0.1) is 17.4 Å². The van der Waals surface area contributed by atoms with E-state index in [1.165, 1.54) is 11.3 Å². The standard InChI is InChI=1S/C22H21N3O/c1-16-11-18-9-5-6-10-21(18)25(16)20-12-19(14-23-15-20)22(26)24-13-17-7-3-2-4-8-17/h2-10,12,14-16H,11,13H2,1H3,(H,24,26). The van der Waals surface area contributed by atoms with E-state index in [0.717, 1.165) is 17.7 Å². The van der Waals surface area contributed by atoms with Crippen molar-refractivity contribution in [3.63, 3.8) is 0 Å². The molecule has 1 unspecified atom stereocenters. The molecule has 1 aliphatic rings. The largest absolute Gasteiger partial charge is 0.348 e. The second kappa shape index (κ2) is 7.00. The van der Waals surface area contributed by atoms with E-state index in [4.69, 9.17) is 0 Å². The summed E-state index contributed by atoms with van der Waals surface area (Å²) >= 11 is 0. The fraction of sp³-hybridized carbons (Fsp3) is 0.182. The van der Waals surface area contributed by atoms with E-state index in [9.17, 15) is 4.79 Å². The lowest BCUT2D eigenvalue weighted by Crippen LogP contribution is -2.26. The van der Waals surface area contributed by atoms with Crippen LogP contribution in [0, 0.1) is 0 Å². The van der Waals surface area contributed by atoms with Gasteiger partial charge in [0, 0.05) is 24.5 Å². The Morgan fingerprint density at radius 3 is 2.73 bits per heavy atom. The van der Waals surface area contributed by atoms with Gasteiger partial charge in [-0.15, -0.1) is 0 Å². The highest BCUT2D eigenvalue weighted by Crippen LogP contribution is 2.37. The number of hydrogen-bond donors (Lipinski definition) is 1. The van der Waals surface area contributed by atoms with Crippen molar-refractivity contribution in [1.29, 1.82) is 0 Å². The van der Waals surface area contributed by atoms with Gasteiger partial charge in [0.25, 0.3) is 5.91 Å². The van der Waals surface area contributed by atoms with Gasteiger partial charge in [0.15, 0.2) is 0 Å². The van der Waals surface area contributed by atoms with Gasteiger partial charge in [-0.3, -0.25) is 9.78 Å². The third kappa shape index (κ3) is 3.18. The molecule has 1 atom stereocenters. The molecule has 1 aliphatic heterocycles. The van der Waals surface area contributed by atoms with Crippen molar-refractivity contribution >= 4 is 17.3 Å². The lowest BCUT2D eigenvalue weighted by Gasteiger charge is -2.25. The summed E-state index contributed by atoms with van der Waals surface area (Å²) in [6.45, 7) is 2.70. The first kappa shape index (κ1) is 16.3. The number of carbonyl (C=O) groups excluding carboxylic acids is 1. The highest BCUT2D eigenvalue weighted by molar-refractivity contribution is 5.95. The van der Waals surface area contributed by atoms with E-state index < -0.39 is 0 Å². The van der Waals surface area contributed by atoms with Gasteiger partial charge in [0.2, 0.25) is 0 Å². The van der Waals surface area contributed by atoms with Crippen LogP contribution < -0.4 is 10.2 Å². The van der Waals surface area contributed by atoms with Crippen molar-refractivity contribution < 1.29 is 4.79 Å². The zero-order valence-electron chi connectivity index (χ0n) is 14.7. The third-order valence-corrected chi connectivity index (χ3v) is 4.77. The molecule has 3 aromatic rings. The molecule has 0 radical (unpaired) electrons. The van der Waals surface area contributed by atoms with E-state index >= 15 is 0 Å². The van der Waals surface area contributed by atoms with E-state index in [2.05, 4.69) is 40.3 Å². The van der Waals surface area contributed by atoms with Crippen molar-refractivity contribution in [3.8, 4) is 0 Å². The molecule has 4 heteroatoms. The van der Waals surface area contributed by atoms with Crippen LogP contribution in [-0.2, 0) is 13.0 Å². The maximum atomic E-state index is 12.5. The minimum absolute atomic E-state index is 0.108. The van der Waals surface area contributed by atoms with Gasteiger partial charge in [0.1, 0.15) is 0 Å². The quantitative estimate of drug-likeness (QED) is 0.776. The maximum absolute atomic E-state index is 12.5.